The number of ketones is 1. The Morgan fingerprint density at radius 3 is 1.85 bits per heavy atom. The molecule has 3 aromatic carbocycles. The molecule has 1 aliphatic carbocycles. The summed E-state index contributed by atoms with van der Waals surface area (Å²) in [6, 6.07) is 22.8. The van der Waals surface area contributed by atoms with E-state index < -0.39 is 0 Å². The molecule has 1 fully saturated rings. The number of hydrogen-bond acceptors (Lipinski definition) is 3. The molecule has 1 heterocycles. The lowest BCUT2D eigenvalue weighted by Gasteiger charge is -2.18. The van der Waals surface area contributed by atoms with Crippen molar-refractivity contribution in [3.05, 3.63) is 119 Å². The van der Waals surface area contributed by atoms with E-state index in [1.165, 1.54) is 36.0 Å². The van der Waals surface area contributed by atoms with Crippen LogP contribution in [0.3, 0.4) is 0 Å². The van der Waals surface area contributed by atoms with E-state index in [0.717, 1.165) is 52.1 Å². The number of rotatable bonds is 7. The van der Waals surface area contributed by atoms with Crippen molar-refractivity contribution in [1.82, 2.24) is 4.98 Å². The molecule has 5 heteroatoms. The van der Waals surface area contributed by atoms with Gasteiger partial charge in [0.05, 0.1) is 0 Å². The minimum atomic E-state index is -0.250. The number of carboxylic acid groups (broad SMARTS) is 1. The molecule has 4 aromatic rings. The Hall–Kier alpha value is -4.02. The van der Waals surface area contributed by atoms with Gasteiger partial charge < -0.3 is 5.11 Å². The van der Waals surface area contributed by atoms with E-state index in [0.29, 0.717) is 17.0 Å². The fourth-order valence-electron chi connectivity index (χ4n) is 4.91. The van der Waals surface area contributed by atoms with Crippen molar-refractivity contribution < 1.29 is 14.7 Å². The number of aryl methyl sites for hydroxylation is 4. The van der Waals surface area contributed by atoms with Gasteiger partial charge in [-0.25, -0.2) is 0 Å². The molecule has 0 amide bonds. The minimum Gasteiger partial charge on any atom is -0.483 e. The molecule has 1 aromatic heterocycles. The number of hydrogen-bond donors (Lipinski definition) is 1. The summed E-state index contributed by atoms with van der Waals surface area (Å²) in [5, 5.41) is 7.56. The summed E-state index contributed by atoms with van der Waals surface area (Å²) in [5.41, 5.74) is 10.9. The van der Waals surface area contributed by atoms with Gasteiger partial charge in [0.2, 0.25) is 0 Å². The Morgan fingerprint density at radius 2 is 1.40 bits per heavy atom. The predicted octanol–water partition coefficient (Wildman–Crippen LogP) is 12.7. The monoisotopic (exact) mass is 671 g/mol. The molecule has 0 aliphatic heterocycles. The molecular formula is C43H58ClNO3. The predicted molar refractivity (Wildman–Crippen MR) is 209 cm³/mol. The van der Waals surface area contributed by atoms with Crippen molar-refractivity contribution in [2.45, 2.75) is 101 Å². The Kier molecular flexibility index (Phi) is 22.1. The normalized spacial score (nSPS) is 11.1. The van der Waals surface area contributed by atoms with E-state index >= 15 is 0 Å². The molecule has 0 atom stereocenters. The van der Waals surface area contributed by atoms with Gasteiger partial charge in [-0.15, -0.1) is 0 Å². The van der Waals surface area contributed by atoms with Crippen molar-refractivity contribution >= 4 is 29.4 Å². The SMILES string of the molecule is C.C=C(C(=O)CC)c1cc(-c2ccc(-c3ccncc3)cc2)c(Cl)cc1C.CC.CC1CCC1.CCc1ccc(C)c(CC)c1.O=CO. The lowest BCUT2D eigenvalue weighted by atomic mass is 9.88. The fourth-order valence-corrected chi connectivity index (χ4v) is 5.23. The van der Waals surface area contributed by atoms with Crippen LogP contribution in [-0.4, -0.2) is 22.3 Å². The van der Waals surface area contributed by atoms with Crippen LogP contribution in [0.1, 0.15) is 102 Å². The number of aromatic nitrogens is 1. The average molecular weight is 672 g/mol. The fraction of sp³-hybridized carbons (Fsp3) is 0.372. The van der Waals surface area contributed by atoms with Crippen molar-refractivity contribution in [2.75, 3.05) is 0 Å². The van der Waals surface area contributed by atoms with Crippen LogP contribution in [0.2, 0.25) is 5.02 Å². The van der Waals surface area contributed by atoms with E-state index in [4.69, 9.17) is 21.5 Å². The van der Waals surface area contributed by atoms with Gasteiger partial charge in [-0.2, -0.15) is 0 Å². The first-order valence-corrected chi connectivity index (χ1v) is 17.2. The van der Waals surface area contributed by atoms with Crippen LogP contribution < -0.4 is 0 Å². The number of Topliss-reactive ketones (excluding diaryl/α,β-unsaturated/α-hetero) is 1. The van der Waals surface area contributed by atoms with Crippen LogP contribution in [0.15, 0.2) is 85.7 Å². The van der Waals surface area contributed by atoms with E-state index in [1.54, 1.807) is 12.4 Å². The van der Waals surface area contributed by atoms with Gasteiger partial charge in [0, 0.05) is 35.0 Å². The van der Waals surface area contributed by atoms with Gasteiger partial charge in [0.25, 0.3) is 6.47 Å². The third-order valence-corrected chi connectivity index (χ3v) is 8.42. The maximum Gasteiger partial charge on any atom is 0.290 e. The highest BCUT2D eigenvalue weighted by molar-refractivity contribution is 6.33. The summed E-state index contributed by atoms with van der Waals surface area (Å²) in [7, 11) is 0. The molecule has 1 N–H and O–H groups in total. The highest BCUT2D eigenvalue weighted by atomic mass is 35.5. The average Bonchev–Trinajstić information content (AvgIpc) is 3.09. The van der Waals surface area contributed by atoms with Gasteiger partial charge in [-0.1, -0.05) is 129 Å². The second-order valence-corrected chi connectivity index (χ2v) is 11.7. The first kappa shape index (κ1) is 44.0. The molecule has 0 bridgehead atoms. The highest BCUT2D eigenvalue weighted by Crippen LogP contribution is 2.34. The van der Waals surface area contributed by atoms with Crippen LogP contribution in [0.4, 0.5) is 0 Å². The van der Waals surface area contributed by atoms with Gasteiger partial charge in [-0.3, -0.25) is 14.6 Å². The molecule has 0 radical (unpaired) electrons. The summed E-state index contributed by atoms with van der Waals surface area (Å²) >= 11 is 6.49. The van der Waals surface area contributed by atoms with Crippen LogP contribution in [-0.2, 0) is 22.4 Å². The number of carbonyl (C=O) groups excluding carboxylic acids is 1. The van der Waals surface area contributed by atoms with E-state index in [-0.39, 0.29) is 19.7 Å². The highest BCUT2D eigenvalue weighted by Gasteiger charge is 2.14. The summed E-state index contributed by atoms with van der Waals surface area (Å²) in [5.74, 6) is 1.12. The Bertz CT molecular complexity index is 1520. The molecule has 0 unspecified atom stereocenters. The van der Waals surface area contributed by atoms with Crippen LogP contribution in [0.5, 0.6) is 0 Å². The van der Waals surface area contributed by atoms with Crippen molar-refractivity contribution in [3.8, 4) is 22.3 Å². The quantitative estimate of drug-likeness (QED) is 0.157. The van der Waals surface area contributed by atoms with Gasteiger partial charge in [-0.05, 0) is 101 Å². The van der Waals surface area contributed by atoms with Gasteiger partial charge in [0.1, 0.15) is 0 Å². The van der Waals surface area contributed by atoms with Crippen molar-refractivity contribution in [2.24, 2.45) is 5.92 Å². The van der Waals surface area contributed by atoms with Crippen LogP contribution in [0.25, 0.3) is 27.8 Å². The Balaban J connectivity index is 0.000000824. The lowest BCUT2D eigenvalue weighted by molar-refractivity contribution is -0.122. The molecule has 1 aliphatic rings. The van der Waals surface area contributed by atoms with E-state index in [2.05, 4.69) is 69.6 Å². The Morgan fingerprint density at radius 1 is 0.875 bits per heavy atom. The standard InChI is InChI=1S/C23H20ClNO.C11H16.C5H10.C2H6.CH2O2.CH4/c1-4-23(26)16(3)20-14-21(22(24)13-15(20)2)19-7-5-17(6-8-19)18-9-11-25-12-10-18;1-4-10-7-6-9(3)11(5-2)8-10;1-5-3-2-4-5;1-2;2-1-3;/h5-14H,3-4H2,1-2H3;6-8H,4-5H2,1-3H3;5H,2-4H2,1H3;1-2H3;1H,(H,2,3);1H4. The molecular weight excluding hydrogens is 614 g/mol. The second-order valence-electron chi connectivity index (χ2n) is 11.3. The molecule has 260 valence electrons. The third kappa shape index (κ3) is 14.0. The maximum atomic E-state index is 12.1. The third-order valence-electron chi connectivity index (χ3n) is 8.10. The van der Waals surface area contributed by atoms with E-state index in [9.17, 15) is 4.79 Å². The number of nitrogens with zero attached hydrogens (tertiary/aromatic N) is 1. The number of allylic oxidation sites excluding steroid dienone is 1. The molecule has 0 saturated heterocycles. The van der Waals surface area contributed by atoms with Crippen molar-refractivity contribution in [1.29, 1.82) is 0 Å². The summed E-state index contributed by atoms with van der Waals surface area (Å²) in [4.78, 5) is 24.5. The number of pyridine rings is 1. The second kappa shape index (κ2) is 24.2. The van der Waals surface area contributed by atoms with Gasteiger partial charge >= 0.3 is 0 Å². The smallest absolute Gasteiger partial charge is 0.290 e. The van der Waals surface area contributed by atoms with E-state index in [1.807, 2.05) is 64.1 Å². The summed E-state index contributed by atoms with van der Waals surface area (Å²) in [6.07, 6.45) is 10.8. The minimum absolute atomic E-state index is 0. The summed E-state index contributed by atoms with van der Waals surface area (Å²) < 4.78 is 0. The number of halogens is 1. The molecule has 48 heavy (non-hydrogen) atoms. The molecule has 0 spiro atoms. The first-order chi connectivity index (χ1) is 22.6. The molecule has 5 rings (SSSR count). The van der Waals surface area contributed by atoms with Crippen LogP contribution >= 0.6 is 11.6 Å². The topological polar surface area (TPSA) is 67.3 Å². The van der Waals surface area contributed by atoms with Gasteiger partial charge in [0.15, 0.2) is 5.78 Å². The molecule has 4 nitrogen and oxygen atoms in total. The van der Waals surface area contributed by atoms with Crippen LogP contribution in [0, 0.1) is 19.8 Å². The number of carbonyl (C=O) groups is 2. The zero-order chi connectivity index (χ0) is 35.4. The number of benzene rings is 3. The summed E-state index contributed by atoms with van der Waals surface area (Å²) in [6.45, 7) is 20.4. The first-order valence-electron chi connectivity index (χ1n) is 16.8. The zero-order valence-electron chi connectivity index (χ0n) is 29.7. The maximum absolute atomic E-state index is 12.1. The van der Waals surface area contributed by atoms with Crippen molar-refractivity contribution in [3.63, 3.8) is 0 Å². The lowest BCUT2D eigenvalue weighted by Crippen LogP contribution is -2.04. The zero-order valence-corrected chi connectivity index (χ0v) is 30.5. The molecule has 1 saturated carbocycles. The Labute approximate surface area is 296 Å². The largest absolute Gasteiger partial charge is 0.483 e.